The minimum Gasteiger partial charge on any atom is -0.507 e. The largest absolute Gasteiger partial charge is 0.507 e. The summed E-state index contributed by atoms with van der Waals surface area (Å²) >= 11 is 0. The first-order chi connectivity index (χ1) is 37.0. The number of nitrogens with zero attached hydrogens (tertiary/aromatic N) is 3. The lowest BCUT2D eigenvalue weighted by atomic mass is 9.77. The molecule has 1 atom stereocenters. The van der Waals surface area contributed by atoms with E-state index in [1.54, 1.807) is 0 Å². The van der Waals surface area contributed by atoms with Gasteiger partial charge < -0.3 is 5.11 Å². The van der Waals surface area contributed by atoms with Gasteiger partial charge in [0, 0.05) is 39.8 Å². The van der Waals surface area contributed by atoms with E-state index in [9.17, 15) is 5.11 Å². The molecule has 2 heterocycles. The van der Waals surface area contributed by atoms with Crippen LogP contribution in [0.15, 0.2) is 231 Å². The van der Waals surface area contributed by atoms with E-state index in [0.29, 0.717) is 11.4 Å². The van der Waals surface area contributed by atoms with Crippen LogP contribution in [0.25, 0.3) is 83.9 Å². The number of aromatic hydroxyl groups is 1. The summed E-state index contributed by atoms with van der Waals surface area (Å²) in [6.45, 7) is 20.1. The maximum Gasteiger partial charge on any atom is 0.149 e. The zero-order valence-corrected chi connectivity index (χ0v) is 45.8. The van der Waals surface area contributed by atoms with Gasteiger partial charge in [-0.05, 0) is 127 Å². The van der Waals surface area contributed by atoms with Crippen LogP contribution in [0.2, 0.25) is 0 Å². The number of benzene rings is 9. The van der Waals surface area contributed by atoms with Crippen molar-refractivity contribution in [2.45, 2.75) is 84.5 Å². The summed E-state index contributed by atoms with van der Waals surface area (Å²) in [5.41, 5.74) is 20.1. The van der Waals surface area contributed by atoms with Gasteiger partial charge in [0.1, 0.15) is 11.6 Å². The molecule has 0 spiro atoms. The van der Waals surface area contributed by atoms with Gasteiger partial charge in [0.2, 0.25) is 0 Å². The van der Waals surface area contributed by atoms with Crippen LogP contribution >= 0.6 is 0 Å². The van der Waals surface area contributed by atoms with Gasteiger partial charge in [-0.1, -0.05) is 232 Å². The summed E-state index contributed by atoms with van der Waals surface area (Å²) in [5, 5.41) is 12.8. The average molecular weight is 1000 g/mol. The highest BCUT2D eigenvalue weighted by molar-refractivity contribution is 5.98. The molecule has 0 fully saturated rings. The first-order valence-corrected chi connectivity index (χ1v) is 27.0. The number of hydrogen-bond donors (Lipinski definition) is 1. The Labute approximate surface area is 455 Å². The molecule has 0 radical (unpaired) electrons. The molecule has 1 unspecified atom stereocenters. The summed E-state index contributed by atoms with van der Waals surface area (Å²) < 4.78 is 2.30. The lowest BCUT2D eigenvalue weighted by Crippen LogP contribution is -2.19. The molecule has 0 amide bonds. The normalized spacial score (nSPS) is 12.5. The van der Waals surface area contributed by atoms with E-state index in [1.165, 1.54) is 22.3 Å². The van der Waals surface area contributed by atoms with Gasteiger partial charge in [0.25, 0.3) is 0 Å². The van der Waals surface area contributed by atoms with Crippen molar-refractivity contribution in [1.29, 1.82) is 0 Å². The van der Waals surface area contributed by atoms with E-state index >= 15 is 0 Å². The van der Waals surface area contributed by atoms with Crippen molar-refractivity contribution in [2.75, 3.05) is 0 Å². The fourth-order valence-electron chi connectivity index (χ4n) is 11.0. The van der Waals surface area contributed by atoms with Gasteiger partial charge in [-0.25, -0.2) is 4.98 Å². The number of phenolic OH excluding ortho intramolecular Hbond substituents is 1. The monoisotopic (exact) mass is 1000 g/mol. The van der Waals surface area contributed by atoms with Crippen molar-refractivity contribution >= 4 is 11.0 Å². The maximum atomic E-state index is 12.8. The molecule has 0 bridgehead atoms. The van der Waals surface area contributed by atoms with Crippen LogP contribution in [-0.2, 0) is 16.2 Å². The van der Waals surface area contributed by atoms with Gasteiger partial charge in [0.15, 0.2) is 0 Å². The zero-order valence-electron chi connectivity index (χ0n) is 45.8. The number of para-hydroxylation sites is 1. The van der Waals surface area contributed by atoms with Crippen LogP contribution in [0.1, 0.15) is 102 Å². The molecule has 0 saturated heterocycles. The van der Waals surface area contributed by atoms with Crippen LogP contribution in [-0.4, -0.2) is 19.6 Å². The minimum absolute atomic E-state index is 0.214. The van der Waals surface area contributed by atoms with Crippen molar-refractivity contribution < 1.29 is 5.11 Å². The maximum absolute atomic E-state index is 12.8. The minimum atomic E-state index is -0.355. The van der Waals surface area contributed by atoms with Gasteiger partial charge in [-0.15, -0.1) is 0 Å². The standard InChI is InChI=1S/C73H67N3O/c1-48(49-23-14-10-15-24-49)50-33-35-52(36-34-50)54-39-40-74-65(44-54)57-42-55(51-25-16-11-17-26-51)41-56(43-57)61-31-22-32-67-68(61)75-70(63-46-60(71(2,3)4)47-64(69(63)77)72(5,6)7)76(67)66-38-37-59(45-62(66)53-27-18-12-19-28-53)73(8,9)58-29-20-13-21-30-58/h10-48,77H,1-9H3. The summed E-state index contributed by atoms with van der Waals surface area (Å²) in [5.74, 6) is 1.20. The summed E-state index contributed by atoms with van der Waals surface area (Å²) in [7, 11) is 0. The number of hydrogen-bond acceptors (Lipinski definition) is 3. The molecule has 77 heavy (non-hydrogen) atoms. The Bertz CT molecular complexity index is 3900. The van der Waals surface area contributed by atoms with Crippen LogP contribution in [0.4, 0.5) is 0 Å². The Balaban J connectivity index is 1.14. The SMILES string of the molecule is CC(c1ccccc1)c1ccc(-c2ccnc(-c3cc(-c4ccccc4)cc(-c4cccc5c4nc(-c4cc(C(C)(C)C)cc(C(C)(C)C)c4O)n5-c4ccc(C(C)(C)c5ccccc5)cc4-c4ccccc4)c3)c2)cc1. The summed E-state index contributed by atoms with van der Waals surface area (Å²) in [4.78, 5) is 10.8. The fraction of sp³-hybridized carbons (Fsp3) is 0.178. The molecule has 2 aromatic heterocycles. The number of fused-ring (bicyclic) bond motifs is 1. The Morgan fingerprint density at radius 3 is 1.66 bits per heavy atom. The number of imidazole rings is 1. The van der Waals surface area contributed by atoms with E-state index in [4.69, 9.17) is 9.97 Å². The highest BCUT2D eigenvalue weighted by Gasteiger charge is 2.31. The van der Waals surface area contributed by atoms with Crippen LogP contribution in [0.5, 0.6) is 5.75 Å². The summed E-state index contributed by atoms with van der Waals surface area (Å²) in [6.07, 6.45) is 1.93. The van der Waals surface area contributed by atoms with Crippen molar-refractivity contribution in [1.82, 2.24) is 14.5 Å². The number of aromatic nitrogens is 3. The summed E-state index contributed by atoms with van der Waals surface area (Å²) in [6, 6.07) is 80.6. The molecule has 1 N–H and O–H groups in total. The molecular formula is C73H67N3O. The second-order valence-corrected chi connectivity index (χ2v) is 23.3. The van der Waals surface area contributed by atoms with Crippen LogP contribution in [0, 0.1) is 0 Å². The smallest absolute Gasteiger partial charge is 0.149 e. The quantitative estimate of drug-likeness (QED) is 0.140. The van der Waals surface area contributed by atoms with Gasteiger partial charge in [-0.2, -0.15) is 0 Å². The predicted octanol–water partition coefficient (Wildman–Crippen LogP) is 19.2. The molecule has 380 valence electrons. The molecule has 0 aliphatic heterocycles. The van der Waals surface area contributed by atoms with Crippen molar-refractivity contribution in [2.24, 2.45) is 0 Å². The third-order valence-electron chi connectivity index (χ3n) is 15.7. The lowest BCUT2D eigenvalue weighted by molar-refractivity contribution is 0.446. The van der Waals surface area contributed by atoms with E-state index < -0.39 is 0 Å². The zero-order chi connectivity index (χ0) is 53.6. The van der Waals surface area contributed by atoms with Crippen molar-refractivity contribution in [3.63, 3.8) is 0 Å². The molecule has 9 aromatic carbocycles. The van der Waals surface area contributed by atoms with Crippen LogP contribution < -0.4 is 0 Å². The molecule has 4 nitrogen and oxygen atoms in total. The first kappa shape index (κ1) is 50.6. The Morgan fingerprint density at radius 1 is 0.416 bits per heavy atom. The topological polar surface area (TPSA) is 50.9 Å². The van der Waals surface area contributed by atoms with E-state index in [0.717, 1.165) is 83.6 Å². The highest BCUT2D eigenvalue weighted by Crippen LogP contribution is 2.47. The number of pyridine rings is 1. The van der Waals surface area contributed by atoms with Crippen molar-refractivity contribution in [3.05, 3.63) is 264 Å². The second kappa shape index (κ2) is 20.2. The van der Waals surface area contributed by atoms with Gasteiger partial charge >= 0.3 is 0 Å². The third-order valence-corrected chi connectivity index (χ3v) is 15.7. The Kier molecular flexibility index (Phi) is 13.2. The van der Waals surface area contributed by atoms with Crippen LogP contribution in [0.3, 0.4) is 0 Å². The molecule has 11 aromatic rings. The molecule has 4 heteroatoms. The van der Waals surface area contributed by atoms with Crippen molar-refractivity contribution in [3.8, 4) is 78.6 Å². The van der Waals surface area contributed by atoms with E-state index in [2.05, 4.69) is 291 Å². The van der Waals surface area contributed by atoms with Gasteiger partial charge in [0.05, 0.1) is 28.0 Å². The van der Waals surface area contributed by atoms with E-state index in [-0.39, 0.29) is 27.9 Å². The number of rotatable bonds is 11. The molecule has 11 rings (SSSR count). The van der Waals surface area contributed by atoms with E-state index in [1.807, 2.05) is 6.20 Å². The molecule has 0 saturated carbocycles. The molecule has 0 aliphatic carbocycles. The first-order valence-electron chi connectivity index (χ1n) is 27.0. The Hall–Kier alpha value is -8.60. The Morgan fingerprint density at radius 2 is 1.00 bits per heavy atom. The third kappa shape index (κ3) is 9.93. The second-order valence-electron chi connectivity index (χ2n) is 23.3. The lowest BCUT2D eigenvalue weighted by Gasteiger charge is -2.28. The highest BCUT2D eigenvalue weighted by atomic mass is 16.3. The fourth-order valence-corrected chi connectivity index (χ4v) is 11.0. The predicted molar refractivity (Wildman–Crippen MR) is 323 cm³/mol. The molecule has 0 aliphatic rings. The average Bonchev–Trinajstić information content (AvgIpc) is 3.85. The van der Waals surface area contributed by atoms with Gasteiger partial charge in [-0.3, -0.25) is 9.55 Å². The molecular weight excluding hydrogens is 935 g/mol. The number of phenols is 1.